The molecule has 0 spiro atoms. The minimum absolute atomic E-state index is 0. The van der Waals surface area contributed by atoms with Crippen LogP contribution in [0.3, 0.4) is 0 Å². The fourth-order valence-corrected chi connectivity index (χ4v) is 2.65. The van der Waals surface area contributed by atoms with Gasteiger partial charge in [-0.1, -0.05) is 24.3 Å². The molecule has 0 aliphatic carbocycles. The Hall–Kier alpha value is -2.00. The van der Waals surface area contributed by atoms with Gasteiger partial charge in [-0.25, -0.2) is 0 Å². The first kappa shape index (κ1) is 24.0. The van der Waals surface area contributed by atoms with Crippen LogP contribution >= 0.6 is 24.0 Å². The van der Waals surface area contributed by atoms with E-state index in [1.807, 2.05) is 25.1 Å². The molecule has 154 valence electrons. The number of anilines is 1. The summed E-state index contributed by atoms with van der Waals surface area (Å²) in [4.78, 5) is 6.44. The van der Waals surface area contributed by atoms with Gasteiger partial charge in [-0.05, 0) is 44.3 Å². The Kier molecular flexibility index (Phi) is 10.7. The summed E-state index contributed by atoms with van der Waals surface area (Å²) in [6, 6.07) is 14.3. The predicted molar refractivity (Wildman–Crippen MR) is 127 cm³/mol. The van der Waals surface area contributed by atoms with E-state index in [4.69, 9.17) is 9.47 Å². The second-order valence-corrected chi connectivity index (χ2v) is 6.40. The molecule has 0 aromatic heterocycles. The molecule has 28 heavy (non-hydrogen) atoms. The van der Waals surface area contributed by atoms with Crippen molar-refractivity contribution in [3.8, 4) is 11.5 Å². The Morgan fingerprint density at radius 1 is 1.04 bits per heavy atom. The SMILES string of the molecule is CCOc1ccc(NC(=NC)NCc2ccc(CN(C)C)cc2)cc1OC.I. The zero-order valence-corrected chi connectivity index (χ0v) is 19.6. The lowest BCUT2D eigenvalue weighted by molar-refractivity contribution is 0.311. The maximum absolute atomic E-state index is 5.55. The highest BCUT2D eigenvalue weighted by atomic mass is 127. The fraction of sp³-hybridized carbons (Fsp3) is 0.381. The molecule has 0 saturated heterocycles. The molecule has 2 aromatic rings. The summed E-state index contributed by atoms with van der Waals surface area (Å²) in [5.41, 5.74) is 3.38. The summed E-state index contributed by atoms with van der Waals surface area (Å²) >= 11 is 0. The number of guanidine groups is 1. The quantitative estimate of drug-likeness (QED) is 0.328. The monoisotopic (exact) mass is 498 g/mol. The molecule has 2 N–H and O–H groups in total. The van der Waals surface area contributed by atoms with Crippen LogP contribution in [0.5, 0.6) is 11.5 Å². The van der Waals surface area contributed by atoms with Crippen molar-refractivity contribution >= 4 is 35.6 Å². The first-order valence-electron chi connectivity index (χ1n) is 9.06. The van der Waals surface area contributed by atoms with E-state index < -0.39 is 0 Å². The standard InChI is InChI=1S/C21H30N4O2.HI/c1-6-27-19-12-11-18(13-20(19)26-5)24-21(22-2)23-14-16-7-9-17(10-8-16)15-25(3)4;/h7-13H,6,14-15H2,1-5H3,(H2,22,23,24);1H. The van der Waals surface area contributed by atoms with Crippen LogP contribution in [0.15, 0.2) is 47.5 Å². The second kappa shape index (κ2) is 12.5. The minimum atomic E-state index is 0. The van der Waals surface area contributed by atoms with E-state index in [9.17, 15) is 0 Å². The summed E-state index contributed by atoms with van der Waals surface area (Å²) < 4.78 is 10.9. The minimum Gasteiger partial charge on any atom is -0.493 e. The Balaban J connectivity index is 0.00000392. The lowest BCUT2D eigenvalue weighted by atomic mass is 10.1. The van der Waals surface area contributed by atoms with E-state index >= 15 is 0 Å². The third kappa shape index (κ3) is 7.55. The van der Waals surface area contributed by atoms with Gasteiger partial charge in [-0.3, -0.25) is 4.99 Å². The second-order valence-electron chi connectivity index (χ2n) is 6.40. The van der Waals surface area contributed by atoms with Crippen molar-refractivity contribution in [2.24, 2.45) is 4.99 Å². The van der Waals surface area contributed by atoms with Gasteiger partial charge in [0.15, 0.2) is 17.5 Å². The average Bonchev–Trinajstić information content (AvgIpc) is 2.67. The van der Waals surface area contributed by atoms with Crippen molar-refractivity contribution in [2.45, 2.75) is 20.0 Å². The number of benzene rings is 2. The lowest BCUT2D eigenvalue weighted by Gasteiger charge is -2.15. The molecule has 0 fully saturated rings. The van der Waals surface area contributed by atoms with Gasteiger partial charge >= 0.3 is 0 Å². The number of nitrogens with zero attached hydrogens (tertiary/aromatic N) is 2. The molecule has 0 aliphatic rings. The van der Waals surface area contributed by atoms with E-state index in [0.29, 0.717) is 24.9 Å². The molecule has 2 rings (SSSR count). The number of halogens is 1. The number of hydrogen-bond acceptors (Lipinski definition) is 4. The van der Waals surface area contributed by atoms with Crippen molar-refractivity contribution in [1.82, 2.24) is 10.2 Å². The van der Waals surface area contributed by atoms with Gasteiger partial charge in [0.2, 0.25) is 0 Å². The van der Waals surface area contributed by atoms with Crippen molar-refractivity contribution < 1.29 is 9.47 Å². The number of methoxy groups -OCH3 is 1. The zero-order valence-electron chi connectivity index (χ0n) is 17.3. The Bertz CT molecular complexity index is 749. The number of aliphatic imine (C=N–C) groups is 1. The van der Waals surface area contributed by atoms with Crippen LogP contribution in [0.1, 0.15) is 18.1 Å². The third-order valence-corrected chi connectivity index (χ3v) is 3.93. The van der Waals surface area contributed by atoms with Gasteiger partial charge < -0.3 is 25.0 Å². The molecule has 0 amide bonds. The van der Waals surface area contributed by atoms with E-state index in [-0.39, 0.29) is 24.0 Å². The number of ether oxygens (including phenoxy) is 2. The summed E-state index contributed by atoms with van der Waals surface area (Å²) in [5.74, 6) is 2.11. The van der Waals surface area contributed by atoms with Gasteiger partial charge in [0.05, 0.1) is 13.7 Å². The van der Waals surface area contributed by atoms with Gasteiger partial charge in [-0.15, -0.1) is 24.0 Å². The maximum Gasteiger partial charge on any atom is 0.195 e. The molecule has 0 radical (unpaired) electrons. The van der Waals surface area contributed by atoms with E-state index in [2.05, 4.69) is 58.9 Å². The molecule has 7 heteroatoms. The summed E-state index contributed by atoms with van der Waals surface area (Å²) in [5, 5.41) is 6.61. The highest BCUT2D eigenvalue weighted by Gasteiger charge is 2.07. The highest BCUT2D eigenvalue weighted by Crippen LogP contribution is 2.30. The summed E-state index contributed by atoms with van der Waals surface area (Å²) in [6.07, 6.45) is 0. The normalized spacial score (nSPS) is 11.0. The maximum atomic E-state index is 5.55. The van der Waals surface area contributed by atoms with Gasteiger partial charge in [0.25, 0.3) is 0 Å². The molecule has 0 saturated carbocycles. The molecular formula is C21H31IN4O2. The fourth-order valence-electron chi connectivity index (χ4n) is 2.65. The van der Waals surface area contributed by atoms with Crippen LogP contribution in [-0.4, -0.2) is 45.7 Å². The third-order valence-electron chi connectivity index (χ3n) is 3.93. The van der Waals surface area contributed by atoms with Crippen LogP contribution in [0.2, 0.25) is 0 Å². The van der Waals surface area contributed by atoms with Gasteiger partial charge in [-0.2, -0.15) is 0 Å². The smallest absolute Gasteiger partial charge is 0.195 e. The Morgan fingerprint density at radius 3 is 2.29 bits per heavy atom. The first-order chi connectivity index (χ1) is 13.0. The van der Waals surface area contributed by atoms with E-state index in [0.717, 1.165) is 18.0 Å². The van der Waals surface area contributed by atoms with Crippen molar-refractivity contribution in [3.63, 3.8) is 0 Å². The van der Waals surface area contributed by atoms with Gasteiger partial charge in [0.1, 0.15) is 0 Å². The molecule has 0 bridgehead atoms. The Morgan fingerprint density at radius 2 is 1.71 bits per heavy atom. The molecule has 0 unspecified atom stereocenters. The summed E-state index contributed by atoms with van der Waals surface area (Å²) in [6.45, 7) is 4.18. The highest BCUT2D eigenvalue weighted by molar-refractivity contribution is 14.0. The van der Waals surface area contributed by atoms with E-state index in [1.165, 1.54) is 11.1 Å². The van der Waals surface area contributed by atoms with Gasteiger partial charge in [0, 0.05) is 31.9 Å². The average molecular weight is 498 g/mol. The van der Waals surface area contributed by atoms with E-state index in [1.54, 1.807) is 14.2 Å². The molecule has 0 aliphatic heterocycles. The molecule has 0 atom stereocenters. The van der Waals surface area contributed by atoms with Crippen LogP contribution in [0.25, 0.3) is 0 Å². The van der Waals surface area contributed by atoms with Crippen LogP contribution in [-0.2, 0) is 13.1 Å². The van der Waals surface area contributed by atoms with Crippen LogP contribution < -0.4 is 20.1 Å². The topological polar surface area (TPSA) is 58.1 Å². The molecular weight excluding hydrogens is 467 g/mol. The number of nitrogens with one attached hydrogen (secondary N) is 2. The Labute approximate surface area is 185 Å². The number of rotatable bonds is 8. The first-order valence-corrected chi connectivity index (χ1v) is 9.06. The number of hydrogen-bond donors (Lipinski definition) is 2. The van der Waals surface area contributed by atoms with Crippen LogP contribution in [0, 0.1) is 0 Å². The lowest BCUT2D eigenvalue weighted by Crippen LogP contribution is -2.30. The zero-order chi connectivity index (χ0) is 19.6. The largest absolute Gasteiger partial charge is 0.493 e. The molecule has 0 heterocycles. The van der Waals surface area contributed by atoms with Crippen molar-refractivity contribution in [3.05, 3.63) is 53.6 Å². The van der Waals surface area contributed by atoms with Crippen molar-refractivity contribution in [1.29, 1.82) is 0 Å². The molecule has 6 nitrogen and oxygen atoms in total. The van der Waals surface area contributed by atoms with Crippen LogP contribution in [0.4, 0.5) is 5.69 Å². The predicted octanol–water partition coefficient (Wildman–Crippen LogP) is 3.96. The summed E-state index contributed by atoms with van der Waals surface area (Å²) in [7, 11) is 7.53. The molecule has 2 aromatic carbocycles. The van der Waals surface area contributed by atoms with Crippen molar-refractivity contribution in [2.75, 3.05) is 40.2 Å².